The van der Waals surface area contributed by atoms with E-state index < -0.39 is 0 Å². The molecule has 0 heteroatoms. The van der Waals surface area contributed by atoms with Gasteiger partial charge in [0.15, 0.2) is 0 Å². The Bertz CT molecular complexity index is 107. The average molecular weight is 123 g/mol. The predicted molar refractivity (Wildman–Crippen MR) is 38.9 cm³/mol. The van der Waals surface area contributed by atoms with Crippen LogP contribution >= 0.6 is 0 Å². The molecule has 0 heterocycles. The van der Waals surface area contributed by atoms with Crippen molar-refractivity contribution in [3.63, 3.8) is 0 Å². The lowest BCUT2D eigenvalue weighted by atomic mass is 9.87. The molecule has 0 N–H and O–H groups in total. The SMILES string of the molecule is CCC1[CH]C2CCC1C2. The Morgan fingerprint density at radius 3 is 2.67 bits per heavy atom. The summed E-state index contributed by atoms with van der Waals surface area (Å²) >= 11 is 0. The van der Waals surface area contributed by atoms with Crippen LogP contribution in [0.1, 0.15) is 32.6 Å². The Morgan fingerprint density at radius 1 is 1.44 bits per heavy atom. The minimum Gasteiger partial charge on any atom is -0.0651 e. The molecule has 2 rings (SSSR count). The average Bonchev–Trinajstić information content (AvgIpc) is 2.45. The molecule has 9 heavy (non-hydrogen) atoms. The lowest BCUT2D eigenvalue weighted by Gasteiger charge is -2.18. The van der Waals surface area contributed by atoms with Crippen LogP contribution in [-0.4, -0.2) is 0 Å². The van der Waals surface area contributed by atoms with Crippen LogP contribution in [0.3, 0.4) is 0 Å². The molecular weight excluding hydrogens is 108 g/mol. The highest BCUT2D eigenvalue weighted by Gasteiger charge is 2.38. The second-order valence-electron chi connectivity index (χ2n) is 3.60. The molecule has 2 aliphatic rings. The molecule has 2 saturated carbocycles. The second kappa shape index (κ2) is 2.00. The number of fused-ring (bicyclic) bond motifs is 2. The van der Waals surface area contributed by atoms with Gasteiger partial charge in [0.2, 0.25) is 0 Å². The third-order valence-electron chi connectivity index (χ3n) is 3.11. The summed E-state index contributed by atoms with van der Waals surface area (Å²) in [5, 5.41) is 0. The van der Waals surface area contributed by atoms with Gasteiger partial charge in [-0.25, -0.2) is 0 Å². The standard InChI is InChI=1S/C9H15/c1-2-8-5-7-3-4-9(8)6-7/h5,7-9H,2-4,6H2,1H3. The van der Waals surface area contributed by atoms with E-state index >= 15 is 0 Å². The molecule has 0 aromatic rings. The molecule has 0 spiro atoms. The minimum absolute atomic E-state index is 1.00. The van der Waals surface area contributed by atoms with Gasteiger partial charge in [-0.3, -0.25) is 0 Å². The molecule has 0 amide bonds. The van der Waals surface area contributed by atoms with Crippen molar-refractivity contribution in [1.29, 1.82) is 0 Å². The summed E-state index contributed by atoms with van der Waals surface area (Å²) < 4.78 is 0. The van der Waals surface area contributed by atoms with Crippen molar-refractivity contribution in [2.75, 3.05) is 0 Å². The Hall–Kier alpha value is 0. The highest BCUT2D eigenvalue weighted by molar-refractivity contribution is 5.00. The van der Waals surface area contributed by atoms with E-state index in [0.717, 1.165) is 17.8 Å². The van der Waals surface area contributed by atoms with Gasteiger partial charge < -0.3 is 0 Å². The Labute approximate surface area is 57.6 Å². The molecular formula is C9H15. The van der Waals surface area contributed by atoms with Gasteiger partial charge in [0.1, 0.15) is 0 Å². The summed E-state index contributed by atoms with van der Waals surface area (Å²) in [6, 6.07) is 0. The molecule has 0 saturated heterocycles. The van der Waals surface area contributed by atoms with Crippen LogP contribution < -0.4 is 0 Å². The normalized spacial score (nSPS) is 48.3. The zero-order valence-electron chi connectivity index (χ0n) is 6.14. The van der Waals surface area contributed by atoms with Gasteiger partial charge in [-0.1, -0.05) is 13.3 Å². The summed E-state index contributed by atoms with van der Waals surface area (Å²) in [5.41, 5.74) is 0. The molecule has 0 nitrogen and oxygen atoms in total. The number of hydrogen-bond donors (Lipinski definition) is 0. The summed E-state index contributed by atoms with van der Waals surface area (Å²) in [7, 11) is 0. The van der Waals surface area contributed by atoms with Crippen LogP contribution in [0.25, 0.3) is 0 Å². The third kappa shape index (κ3) is 0.798. The fraction of sp³-hybridized carbons (Fsp3) is 0.889. The highest BCUT2D eigenvalue weighted by atomic mass is 14.4. The molecule has 0 aromatic heterocycles. The van der Waals surface area contributed by atoms with E-state index in [-0.39, 0.29) is 0 Å². The molecule has 51 valence electrons. The van der Waals surface area contributed by atoms with E-state index in [1.54, 1.807) is 0 Å². The summed E-state index contributed by atoms with van der Waals surface area (Å²) in [6.07, 6.45) is 8.55. The molecule has 0 aliphatic heterocycles. The van der Waals surface area contributed by atoms with Gasteiger partial charge in [0, 0.05) is 0 Å². The molecule has 1 radical (unpaired) electrons. The van der Waals surface area contributed by atoms with E-state index in [1.807, 2.05) is 0 Å². The molecule has 3 atom stereocenters. The van der Waals surface area contributed by atoms with Crippen molar-refractivity contribution in [1.82, 2.24) is 0 Å². The van der Waals surface area contributed by atoms with E-state index in [1.165, 1.54) is 25.7 Å². The Morgan fingerprint density at radius 2 is 2.33 bits per heavy atom. The molecule has 2 fully saturated rings. The van der Waals surface area contributed by atoms with Gasteiger partial charge in [0.05, 0.1) is 0 Å². The first-order chi connectivity index (χ1) is 4.40. The first-order valence-corrected chi connectivity index (χ1v) is 4.25. The van der Waals surface area contributed by atoms with Gasteiger partial charge in [-0.05, 0) is 43.4 Å². The van der Waals surface area contributed by atoms with Crippen molar-refractivity contribution in [2.24, 2.45) is 17.8 Å². The number of hydrogen-bond acceptors (Lipinski definition) is 0. The molecule has 0 aromatic carbocycles. The van der Waals surface area contributed by atoms with Gasteiger partial charge in [-0.15, -0.1) is 0 Å². The van der Waals surface area contributed by atoms with Crippen LogP contribution in [0.2, 0.25) is 0 Å². The van der Waals surface area contributed by atoms with Crippen molar-refractivity contribution in [2.45, 2.75) is 32.6 Å². The topological polar surface area (TPSA) is 0 Å². The largest absolute Gasteiger partial charge is 0.0651 e. The van der Waals surface area contributed by atoms with Crippen molar-refractivity contribution < 1.29 is 0 Å². The lowest BCUT2D eigenvalue weighted by Crippen LogP contribution is -2.08. The summed E-state index contributed by atoms with van der Waals surface area (Å²) in [4.78, 5) is 0. The van der Waals surface area contributed by atoms with E-state index in [9.17, 15) is 0 Å². The van der Waals surface area contributed by atoms with Gasteiger partial charge in [0.25, 0.3) is 0 Å². The summed E-state index contributed by atoms with van der Waals surface area (Å²) in [6.45, 7) is 2.32. The predicted octanol–water partition coefficient (Wildman–Crippen LogP) is 2.65. The Balaban J connectivity index is 2.01. The molecule has 2 aliphatic carbocycles. The number of rotatable bonds is 1. The van der Waals surface area contributed by atoms with Crippen LogP contribution in [0.15, 0.2) is 0 Å². The quantitative estimate of drug-likeness (QED) is 0.503. The van der Waals surface area contributed by atoms with Crippen LogP contribution in [0, 0.1) is 24.2 Å². The molecule has 3 unspecified atom stereocenters. The van der Waals surface area contributed by atoms with Crippen LogP contribution in [-0.2, 0) is 0 Å². The maximum Gasteiger partial charge on any atom is -0.0321 e. The fourth-order valence-electron chi connectivity index (χ4n) is 2.59. The minimum atomic E-state index is 1.00. The van der Waals surface area contributed by atoms with Crippen LogP contribution in [0.4, 0.5) is 0 Å². The first-order valence-electron chi connectivity index (χ1n) is 4.25. The van der Waals surface area contributed by atoms with E-state index in [2.05, 4.69) is 13.3 Å². The smallest absolute Gasteiger partial charge is 0.0321 e. The molecule has 2 bridgehead atoms. The zero-order chi connectivity index (χ0) is 6.27. The lowest BCUT2D eigenvalue weighted by molar-refractivity contribution is 0.390. The van der Waals surface area contributed by atoms with Gasteiger partial charge in [-0.2, -0.15) is 0 Å². The van der Waals surface area contributed by atoms with Crippen molar-refractivity contribution in [3.05, 3.63) is 6.42 Å². The third-order valence-corrected chi connectivity index (χ3v) is 3.11. The highest BCUT2D eigenvalue weighted by Crippen LogP contribution is 2.48. The first kappa shape index (κ1) is 5.76. The second-order valence-corrected chi connectivity index (χ2v) is 3.60. The maximum atomic E-state index is 2.61. The van der Waals surface area contributed by atoms with Crippen molar-refractivity contribution >= 4 is 0 Å². The Kier molecular flexibility index (Phi) is 1.28. The fourth-order valence-corrected chi connectivity index (χ4v) is 2.59. The van der Waals surface area contributed by atoms with Gasteiger partial charge >= 0.3 is 0 Å². The monoisotopic (exact) mass is 123 g/mol. The van der Waals surface area contributed by atoms with Crippen molar-refractivity contribution in [3.8, 4) is 0 Å². The van der Waals surface area contributed by atoms with E-state index in [4.69, 9.17) is 0 Å². The maximum absolute atomic E-state index is 2.61. The summed E-state index contributed by atoms with van der Waals surface area (Å²) in [5.74, 6) is 3.13. The zero-order valence-corrected chi connectivity index (χ0v) is 6.14. The van der Waals surface area contributed by atoms with E-state index in [0.29, 0.717) is 0 Å². The van der Waals surface area contributed by atoms with Crippen LogP contribution in [0.5, 0.6) is 0 Å².